The molecule has 102 valence electrons. The van der Waals surface area contributed by atoms with Crippen molar-refractivity contribution in [1.29, 1.82) is 0 Å². The van der Waals surface area contributed by atoms with Crippen molar-refractivity contribution >= 4 is 11.6 Å². The van der Waals surface area contributed by atoms with Gasteiger partial charge in [0.1, 0.15) is 18.6 Å². The molecule has 0 saturated carbocycles. The van der Waals surface area contributed by atoms with Gasteiger partial charge < -0.3 is 9.67 Å². The van der Waals surface area contributed by atoms with Crippen LogP contribution in [0.2, 0.25) is 5.02 Å². The SMILES string of the molecule is CN1Cc2c(Cl)cccc2-n2cnc(C#CCO)c2C1. The lowest BCUT2D eigenvalue weighted by atomic mass is 10.1. The topological polar surface area (TPSA) is 41.3 Å². The molecule has 0 bridgehead atoms. The summed E-state index contributed by atoms with van der Waals surface area (Å²) in [5, 5.41) is 9.60. The Balaban J connectivity index is 2.20. The predicted molar refractivity (Wildman–Crippen MR) is 77.7 cm³/mol. The van der Waals surface area contributed by atoms with Crippen LogP contribution in [0.3, 0.4) is 0 Å². The maximum Gasteiger partial charge on any atom is 0.136 e. The van der Waals surface area contributed by atoms with Gasteiger partial charge in [-0.15, -0.1) is 0 Å². The van der Waals surface area contributed by atoms with Crippen LogP contribution < -0.4 is 0 Å². The van der Waals surface area contributed by atoms with E-state index in [1.165, 1.54) is 0 Å². The quantitative estimate of drug-likeness (QED) is 0.752. The third-order valence-electron chi connectivity index (χ3n) is 3.35. The van der Waals surface area contributed by atoms with E-state index in [0.717, 1.165) is 35.1 Å². The number of hydrogen-bond donors (Lipinski definition) is 1. The van der Waals surface area contributed by atoms with E-state index >= 15 is 0 Å². The summed E-state index contributed by atoms with van der Waals surface area (Å²) in [5.74, 6) is 5.56. The molecule has 1 aromatic heterocycles. The van der Waals surface area contributed by atoms with E-state index in [4.69, 9.17) is 16.7 Å². The monoisotopic (exact) mass is 287 g/mol. The molecule has 1 aliphatic heterocycles. The number of benzene rings is 1. The van der Waals surface area contributed by atoms with Gasteiger partial charge in [0.25, 0.3) is 0 Å². The van der Waals surface area contributed by atoms with Gasteiger partial charge >= 0.3 is 0 Å². The second-order valence-corrected chi connectivity index (χ2v) is 5.19. The first-order chi connectivity index (χ1) is 9.70. The zero-order valence-electron chi connectivity index (χ0n) is 11.1. The van der Waals surface area contributed by atoms with Gasteiger partial charge in [-0.2, -0.15) is 0 Å². The lowest BCUT2D eigenvalue weighted by Crippen LogP contribution is -2.16. The lowest BCUT2D eigenvalue weighted by Gasteiger charge is -2.14. The Bertz CT molecular complexity index is 712. The van der Waals surface area contributed by atoms with E-state index < -0.39 is 0 Å². The molecule has 2 heterocycles. The average molecular weight is 288 g/mol. The Morgan fingerprint density at radius 1 is 1.40 bits per heavy atom. The van der Waals surface area contributed by atoms with Gasteiger partial charge in [0.2, 0.25) is 0 Å². The molecule has 0 unspecified atom stereocenters. The third-order valence-corrected chi connectivity index (χ3v) is 3.71. The molecule has 0 spiro atoms. The third kappa shape index (κ3) is 2.20. The molecule has 1 aromatic carbocycles. The van der Waals surface area contributed by atoms with E-state index in [9.17, 15) is 0 Å². The van der Waals surface area contributed by atoms with Crippen molar-refractivity contribution < 1.29 is 5.11 Å². The van der Waals surface area contributed by atoms with Gasteiger partial charge in [-0.1, -0.05) is 23.6 Å². The molecule has 0 fully saturated rings. The maximum absolute atomic E-state index is 8.83. The van der Waals surface area contributed by atoms with Gasteiger partial charge in [0.05, 0.1) is 11.4 Å². The maximum atomic E-state index is 8.83. The first-order valence-electron chi connectivity index (χ1n) is 6.33. The number of fused-ring (bicyclic) bond motifs is 3. The molecule has 4 nitrogen and oxygen atoms in total. The Labute approximate surface area is 122 Å². The Morgan fingerprint density at radius 3 is 3.05 bits per heavy atom. The van der Waals surface area contributed by atoms with Crippen molar-refractivity contribution in [3.63, 3.8) is 0 Å². The molecular weight excluding hydrogens is 274 g/mol. The molecule has 0 radical (unpaired) electrons. The fourth-order valence-electron chi connectivity index (χ4n) is 2.47. The first kappa shape index (κ1) is 13.2. The van der Waals surface area contributed by atoms with Crippen LogP contribution in [0.5, 0.6) is 0 Å². The van der Waals surface area contributed by atoms with Gasteiger partial charge in [0, 0.05) is 23.7 Å². The van der Waals surface area contributed by atoms with E-state index in [1.807, 2.05) is 29.8 Å². The van der Waals surface area contributed by atoms with Crippen LogP contribution in [0, 0.1) is 11.8 Å². The molecule has 20 heavy (non-hydrogen) atoms. The highest BCUT2D eigenvalue weighted by Gasteiger charge is 2.21. The predicted octanol–water partition coefficient (Wildman–Crippen LogP) is 1.81. The first-order valence-corrected chi connectivity index (χ1v) is 6.70. The van der Waals surface area contributed by atoms with E-state index in [-0.39, 0.29) is 6.61 Å². The van der Waals surface area contributed by atoms with Crippen LogP contribution in [-0.4, -0.2) is 33.2 Å². The summed E-state index contributed by atoms with van der Waals surface area (Å²) in [5.41, 5.74) is 3.86. The van der Waals surface area contributed by atoms with Crippen LogP contribution in [-0.2, 0) is 13.1 Å². The summed E-state index contributed by atoms with van der Waals surface area (Å²) < 4.78 is 2.03. The zero-order chi connectivity index (χ0) is 14.1. The number of halogens is 1. The molecule has 3 rings (SSSR count). The lowest BCUT2D eigenvalue weighted by molar-refractivity contribution is 0.319. The molecule has 0 saturated heterocycles. The minimum atomic E-state index is -0.162. The second kappa shape index (κ2) is 5.29. The number of aliphatic hydroxyl groups excluding tert-OH is 1. The van der Waals surface area contributed by atoms with E-state index in [0.29, 0.717) is 5.69 Å². The summed E-state index contributed by atoms with van der Waals surface area (Å²) in [4.78, 5) is 6.52. The number of hydrogen-bond acceptors (Lipinski definition) is 3. The Morgan fingerprint density at radius 2 is 2.25 bits per heavy atom. The number of aliphatic hydroxyl groups is 1. The largest absolute Gasteiger partial charge is 0.384 e. The highest BCUT2D eigenvalue weighted by atomic mass is 35.5. The molecule has 0 atom stereocenters. The van der Waals surface area contributed by atoms with Crippen molar-refractivity contribution in [2.75, 3.05) is 13.7 Å². The van der Waals surface area contributed by atoms with Gasteiger partial charge in [-0.05, 0) is 25.1 Å². The van der Waals surface area contributed by atoms with Gasteiger partial charge in [0.15, 0.2) is 0 Å². The number of rotatable bonds is 0. The van der Waals surface area contributed by atoms with Crippen LogP contribution in [0.25, 0.3) is 5.69 Å². The van der Waals surface area contributed by atoms with E-state index in [2.05, 4.69) is 21.7 Å². The summed E-state index contributed by atoms with van der Waals surface area (Å²) >= 11 is 6.32. The van der Waals surface area contributed by atoms with Crippen molar-refractivity contribution in [2.45, 2.75) is 13.1 Å². The highest BCUT2D eigenvalue weighted by molar-refractivity contribution is 6.31. The smallest absolute Gasteiger partial charge is 0.136 e. The van der Waals surface area contributed by atoms with Crippen LogP contribution >= 0.6 is 11.6 Å². The second-order valence-electron chi connectivity index (χ2n) is 4.78. The number of aromatic nitrogens is 2. The standard InChI is InChI=1S/C15H14ClN3O/c1-18-8-11-12(16)4-2-6-14(11)19-10-17-13(5-3-7-20)15(19)9-18/h2,4,6,10,20H,7-9H2,1H3. The molecular formula is C15H14ClN3O. The van der Waals surface area contributed by atoms with Crippen LogP contribution in [0.4, 0.5) is 0 Å². The molecule has 0 amide bonds. The number of nitrogens with zero attached hydrogens (tertiary/aromatic N) is 3. The minimum Gasteiger partial charge on any atom is -0.384 e. The summed E-state index contributed by atoms with van der Waals surface area (Å²) in [6, 6.07) is 5.88. The Hall–Kier alpha value is -1.80. The minimum absolute atomic E-state index is 0.162. The fraction of sp³-hybridized carbons (Fsp3) is 0.267. The molecule has 0 aliphatic carbocycles. The number of imidazole rings is 1. The fourth-order valence-corrected chi connectivity index (χ4v) is 2.70. The normalized spacial score (nSPS) is 13.9. The highest BCUT2D eigenvalue weighted by Crippen LogP contribution is 2.29. The molecule has 1 N–H and O–H groups in total. The van der Waals surface area contributed by atoms with E-state index in [1.54, 1.807) is 6.33 Å². The van der Waals surface area contributed by atoms with Crippen molar-refractivity contribution in [3.8, 4) is 17.5 Å². The van der Waals surface area contributed by atoms with Crippen LogP contribution in [0.1, 0.15) is 17.0 Å². The molecule has 1 aliphatic rings. The average Bonchev–Trinajstić information content (AvgIpc) is 2.74. The van der Waals surface area contributed by atoms with Crippen LogP contribution in [0.15, 0.2) is 24.5 Å². The van der Waals surface area contributed by atoms with Crippen molar-refractivity contribution in [3.05, 3.63) is 46.5 Å². The summed E-state index contributed by atoms with van der Waals surface area (Å²) in [7, 11) is 2.04. The van der Waals surface area contributed by atoms with Crippen molar-refractivity contribution in [1.82, 2.24) is 14.5 Å². The van der Waals surface area contributed by atoms with Gasteiger partial charge in [-0.25, -0.2) is 4.98 Å². The summed E-state index contributed by atoms with van der Waals surface area (Å²) in [6.07, 6.45) is 1.77. The van der Waals surface area contributed by atoms with Crippen molar-refractivity contribution in [2.24, 2.45) is 0 Å². The zero-order valence-corrected chi connectivity index (χ0v) is 11.9. The Kier molecular flexibility index (Phi) is 3.49. The van der Waals surface area contributed by atoms with Gasteiger partial charge in [-0.3, -0.25) is 4.90 Å². The summed E-state index contributed by atoms with van der Waals surface area (Å²) in [6.45, 7) is 1.36. The molecule has 2 aromatic rings. The molecule has 5 heteroatoms.